The molecule has 0 bridgehead atoms. The summed E-state index contributed by atoms with van der Waals surface area (Å²) in [6.07, 6.45) is 3.41. The Hall–Kier alpha value is -2.17. The highest BCUT2D eigenvalue weighted by atomic mass is 16.6. The molecule has 0 N–H and O–H groups in total. The number of hydrogen-bond donors (Lipinski definition) is 0. The Labute approximate surface area is 148 Å². The molecule has 1 aromatic carbocycles. The second kappa shape index (κ2) is 7.38. The lowest BCUT2D eigenvalue weighted by Gasteiger charge is -2.35. The Morgan fingerprint density at radius 3 is 2.64 bits per heavy atom. The summed E-state index contributed by atoms with van der Waals surface area (Å²) >= 11 is 0. The minimum Gasteiger partial charge on any atom is -0.365 e. The van der Waals surface area contributed by atoms with Crippen LogP contribution in [0.15, 0.2) is 18.2 Å². The number of nitrogens with zero attached hydrogens (tertiary/aromatic N) is 5. The molecular weight excluding hydrogens is 318 g/mol. The molecule has 2 heterocycles. The third-order valence-electron chi connectivity index (χ3n) is 5.63. The highest BCUT2D eigenvalue weighted by Gasteiger charge is 2.33. The summed E-state index contributed by atoms with van der Waals surface area (Å²) in [4.78, 5) is 18.0. The van der Waals surface area contributed by atoms with Gasteiger partial charge < -0.3 is 9.80 Å². The van der Waals surface area contributed by atoms with Gasteiger partial charge in [0.1, 0.15) is 5.69 Å². The van der Waals surface area contributed by atoms with Crippen molar-refractivity contribution in [2.24, 2.45) is 0 Å². The number of benzene rings is 1. The predicted octanol–water partition coefficient (Wildman–Crippen LogP) is 2.07. The summed E-state index contributed by atoms with van der Waals surface area (Å²) in [6, 6.07) is 7.61. The molecular formula is C18H25N5O2. The molecule has 0 unspecified atom stereocenters. The first-order valence-electron chi connectivity index (χ1n) is 8.83. The van der Waals surface area contributed by atoms with E-state index in [1.165, 1.54) is 18.9 Å². The zero-order valence-corrected chi connectivity index (χ0v) is 14.9. The van der Waals surface area contributed by atoms with Crippen molar-refractivity contribution in [2.45, 2.75) is 31.3 Å². The van der Waals surface area contributed by atoms with Gasteiger partial charge in [0.25, 0.3) is 5.69 Å². The maximum absolute atomic E-state index is 11.4. The van der Waals surface area contributed by atoms with Crippen molar-refractivity contribution in [1.29, 1.82) is 5.26 Å². The molecule has 3 rings (SSSR count). The number of piperidine rings is 1. The molecule has 2 saturated heterocycles. The molecule has 134 valence electrons. The van der Waals surface area contributed by atoms with Gasteiger partial charge in [-0.3, -0.25) is 15.0 Å². The number of rotatable bonds is 4. The van der Waals surface area contributed by atoms with Gasteiger partial charge in [-0.1, -0.05) is 0 Å². The van der Waals surface area contributed by atoms with E-state index in [9.17, 15) is 10.1 Å². The van der Waals surface area contributed by atoms with E-state index in [0.717, 1.165) is 32.6 Å². The molecule has 0 spiro atoms. The van der Waals surface area contributed by atoms with E-state index in [-0.39, 0.29) is 11.7 Å². The largest absolute Gasteiger partial charge is 0.365 e. The van der Waals surface area contributed by atoms with Crippen LogP contribution in [-0.2, 0) is 0 Å². The Morgan fingerprint density at radius 2 is 2.00 bits per heavy atom. The summed E-state index contributed by atoms with van der Waals surface area (Å²) in [6.45, 7) is 4.28. The fraction of sp³-hybridized carbons (Fsp3) is 0.611. The van der Waals surface area contributed by atoms with Crippen molar-refractivity contribution < 1.29 is 4.92 Å². The van der Waals surface area contributed by atoms with Crippen molar-refractivity contribution in [1.82, 2.24) is 9.80 Å². The number of likely N-dealkylation sites (tertiary alicyclic amines) is 2. The van der Waals surface area contributed by atoms with E-state index >= 15 is 0 Å². The number of nitro groups is 1. The van der Waals surface area contributed by atoms with Gasteiger partial charge >= 0.3 is 0 Å². The zero-order valence-electron chi connectivity index (χ0n) is 14.9. The molecule has 1 atom stereocenters. The second-order valence-corrected chi connectivity index (χ2v) is 7.16. The van der Waals surface area contributed by atoms with Crippen molar-refractivity contribution >= 4 is 11.4 Å². The van der Waals surface area contributed by atoms with Crippen LogP contribution in [0.25, 0.3) is 0 Å². The molecule has 0 aromatic heterocycles. The molecule has 0 amide bonds. The van der Waals surface area contributed by atoms with Crippen molar-refractivity contribution in [3.63, 3.8) is 0 Å². The smallest absolute Gasteiger partial charge is 0.293 e. The van der Waals surface area contributed by atoms with Crippen molar-refractivity contribution in [2.75, 3.05) is 45.2 Å². The Morgan fingerprint density at radius 1 is 1.28 bits per heavy atom. The van der Waals surface area contributed by atoms with Crippen molar-refractivity contribution in [3.05, 3.63) is 33.9 Å². The first-order valence-corrected chi connectivity index (χ1v) is 8.83. The number of hydrogen-bond acceptors (Lipinski definition) is 6. The fourth-order valence-corrected chi connectivity index (χ4v) is 4.01. The minimum absolute atomic E-state index is 0.0132. The fourth-order valence-electron chi connectivity index (χ4n) is 4.01. The maximum atomic E-state index is 11.4. The number of nitro benzene ring substituents is 1. The van der Waals surface area contributed by atoms with Crippen LogP contribution in [0.1, 0.15) is 24.8 Å². The van der Waals surface area contributed by atoms with Crippen LogP contribution < -0.4 is 4.90 Å². The van der Waals surface area contributed by atoms with Crippen LogP contribution in [0.5, 0.6) is 0 Å². The molecule has 7 nitrogen and oxygen atoms in total. The highest BCUT2D eigenvalue weighted by Crippen LogP contribution is 2.32. The molecule has 2 aliphatic heterocycles. The summed E-state index contributed by atoms with van der Waals surface area (Å²) in [7, 11) is 4.10. The lowest BCUT2D eigenvalue weighted by molar-refractivity contribution is -0.384. The van der Waals surface area contributed by atoms with Gasteiger partial charge in [-0.2, -0.15) is 5.26 Å². The van der Waals surface area contributed by atoms with Crippen LogP contribution in [0.4, 0.5) is 11.4 Å². The third kappa shape index (κ3) is 3.75. The van der Waals surface area contributed by atoms with Gasteiger partial charge in [0, 0.05) is 38.3 Å². The number of likely N-dealkylation sites (N-methyl/N-ethyl adjacent to an activating group) is 1. The number of anilines is 1. The lowest BCUT2D eigenvalue weighted by Crippen LogP contribution is -2.44. The summed E-state index contributed by atoms with van der Waals surface area (Å²) in [5, 5.41) is 20.4. The zero-order chi connectivity index (χ0) is 18.0. The lowest BCUT2D eigenvalue weighted by atomic mass is 10.0. The van der Waals surface area contributed by atoms with Crippen LogP contribution in [0.2, 0.25) is 0 Å². The monoisotopic (exact) mass is 343 g/mol. The van der Waals surface area contributed by atoms with Gasteiger partial charge in [0.05, 0.1) is 16.6 Å². The molecule has 7 heteroatoms. The van der Waals surface area contributed by atoms with Gasteiger partial charge in [-0.25, -0.2) is 0 Å². The van der Waals surface area contributed by atoms with Crippen LogP contribution in [0, 0.1) is 21.4 Å². The molecule has 25 heavy (non-hydrogen) atoms. The van der Waals surface area contributed by atoms with E-state index in [0.29, 0.717) is 17.3 Å². The molecule has 1 aromatic rings. The molecule has 2 aliphatic rings. The average molecular weight is 343 g/mol. The topological polar surface area (TPSA) is 76.6 Å². The maximum Gasteiger partial charge on any atom is 0.293 e. The van der Waals surface area contributed by atoms with Gasteiger partial charge in [0.15, 0.2) is 0 Å². The standard InChI is InChI=1S/C18H25N5O2/c1-20-8-5-15(6-9-20)22-10-7-16(13-22)21(2)17-4-3-14(12-19)11-18(17)23(24)25/h3-4,11,15-16H,5-10,13H2,1-2H3/t16-/m0/s1. The van der Waals surface area contributed by atoms with E-state index in [4.69, 9.17) is 5.26 Å². The van der Waals surface area contributed by atoms with Gasteiger partial charge in [-0.05, 0) is 51.5 Å². The quantitative estimate of drug-likeness (QED) is 0.615. The minimum atomic E-state index is -0.392. The van der Waals surface area contributed by atoms with E-state index in [1.54, 1.807) is 12.1 Å². The SMILES string of the molecule is CN1CCC(N2CC[C@H](N(C)c3ccc(C#N)cc3[N+](=O)[O-])C2)CC1. The van der Waals surface area contributed by atoms with E-state index < -0.39 is 4.92 Å². The summed E-state index contributed by atoms with van der Waals surface area (Å²) in [5.41, 5.74) is 0.932. The first-order chi connectivity index (χ1) is 12.0. The molecule has 0 radical (unpaired) electrons. The van der Waals surface area contributed by atoms with E-state index in [1.807, 2.05) is 18.0 Å². The van der Waals surface area contributed by atoms with Crippen LogP contribution in [-0.4, -0.2) is 67.1 Å². The molecule has 0 aliphatic carbocycles. The summed E-state index contributed by atoms with van der Waals surface area (Å²) < 4.78 is 0. The highest BCUT2D eigenvalue weighted by molar-refractivity contribution is 5.65. The normalized spacial score (nSPS) is 22.7. The first kappa shape index (κ1) is 17.6. The molecule has 0 saturated carbocycles. The molecule has 2 fully saturated rings. The Kier molecular flexibility index (Phi) is 5.21. The summed E-state index contributed by atoms with van der Waals surface area (Å²) in [5.74, 6) is 0. The number of nitriles is 1. The van der Waals surface area contributed by atoms with Gasteiger partial charge in [-0.15, -0.1) is 0 Å². The van der Waals surface area contributed by atoms with E-state index in [2.05, 4.69) is 16.8 Å². The van der Waals surface area contributed by atoms with Crippen LogP contribution in [0.3, 0.4) is 0 Å². The predicted molar refractivity (Wildman–Crippen MR) is 96.7 cm³/mol. The second-order valence-electron chi connectivity index (χ2n) is 7.16. The Bertz CT molecular complexity index is 679. The third-order valence-corrected chi connectivity index (χ3v) is 5.63. The van der Waals surface area contributed by atoms with Gasteiger partial charge in [0.2, 0.25) is 0 Å². The Balaban J connectivity index is 1.71. The van der Waals surface area contributed by atoms with Crippen molar-refractivity contribution in [3.8, 4) is 6.07 Å². The average Bonchev–Trinajstić information content (AvgIpc) is 3.11. The van der Waals surface area contributed by atoms with Crippen LogP contribution >= 0.6 is 0 Å².